The average molecular weight is 248 g/mol. The summed E-state index contributed by atoms with van der Waals surface area (Å²) in [4.78, 5) is 0. The van der Waals surface area contributed by atoms with Gasteiger partial charge in [0, 0.05) is 12.3 Å². The van der Waals surface area contributed by atoms with Crippen LogP contribution >= 0.6 is 0 Å². The van der Waals surface area contributed by atoms with Gasteiger partial charge in [-0.15, -0.1) is 0 Å². The van der Waals surface area contributed by atoms with Gasteiger partial charge in [-0.1, -0.05) is 20.3 Å². The molecule has 1 fully saturated rings. The van der Waals surface area contributed by atoms with Crippen LogP contribution in [0.2, 0.25) is 0 Å². The second-order valence-electron chi connectivity index (χ2n) is 5.31. The van der Waals surface area contributed by atoms with Crippen molar-refractivity contribution in [2.75, 3.05) is 6.26 Å². The van der Waals surface area contributed by atoms with Crippen LogP contribution in [0.3, 0.4) is 0 Å². The van der Waals surface area contributed by atoms with Crippen LogP contribution in [0.4, 0.5) is 0 Å². The zero-order chi connectivity index (χ0) is 12.3. The zero-order valence-corrected chi connectivity index (χ0v) is 11.3. The van der Waals surface area contributed by atoms with Crippen LogP contribution in [-0.4, -0.2) is 26.0 Å². The molecule has 0 radical (unpaired) electrons. The van der Waals surface area contributed by atoms with Crippen molar-refractivity contribution in [3.05, 3.63) is 0 Å². The van der Waals surface area contributed by atoms with E-state index in [1.807, 2.05) is 0 Å². The van der Waals surface area contributed by atoms with Crippen LogP contribution in [0.1, 0.15) is 39.5 Å². The van der Waals surface area contributed by atoms with Gasteiger partial charge >= 0.3 is 0 Å². The molecule has 0 amide bonds. The lowest BCUT2D eigenvalue weighted by atomic mass is 9.80. The lowest BCUT2D eigenvalue weighted by Gasteiger charge is -2.35. The van der Waals surface area contributed by atoms with Gasteiger partial charge in [-0.05, 0) is 31.1 Å². The molecule has 0 aromatic carbocycles. The Bertz CT molecular complexity index is 314. The summed E-state index contributed by atoms with van der Waals surface area (Å²) in [5.74, 6) is 6.39. The van der Waals surface area contributed by atoms with Gasteiger partial charge in [0.05, 0.1) is 5.25 Å². The monoisotopic (exact) mass is 248 g/mol. The maximum absolute atomic E-state index is 11.6. The van der Waals surface area contributed by atoms with Crippen LogP contribution in [0.15, 0.2) is 0 Å². The highest BCUT2D eigenvalue weighted by Crippen LogP contribution is 2.32. The fourth-order valence-corrected chi connectivity index (χ4v) is 3.96. The minimum Gasteiger partial charge on any atom is -0.271 e. The highest BCUT2D eigenvalue weighted by atomic mass is 32.2. The first-order valence-electron chi connectivity index (χ1n) is 6.01. The van der Waals surface area contributed by atoms with E-state index in [4.69, 9.17) is 5.84 Å². The van der Waals surface area contributed by atoms with Crippen LogP contribution in [0.5, 0.6) is 0 Å². The van der Waals surface area contributed by atoms with E-state index < -0.39 is 9.84 Å². The minimum atomic E-state index is -2.89. The summed E-state index contributed by atoms with van der Waals surface area (Å²) in [6, 6.07) is 0.226. The van der Waals surface area contributed by atoms with Gasteiger partial charge < -0.3 is 0 Å². The molecule has 1 rings (SSSR count). The van der Waals surface area contributed by atoms with Crippen molar-refractivity contribution in [1.82, 2.24) is 5.43 Å². The molecule has 3 unspecified atom stereocenters. The largest absolute Gasteiger partial charge is 0.271 e. The van der Waals surface area contributed by atoms with Crippen molar-refractivity contribution in [2.45, 2.75) is 50.8 Å². The maximum Gasteiger partial charge on any atom is 0.150 e. The van der Waals surface area contributed by atoms with Gasteiger partial charge in [0.2, 0.25) is 0 Å². The molecule has 96 valence electrons. The highest BCUT2D eigenvalue weighted by Gasteiger charge is 2.33. The normalized spacial score (nSPS) is 29.3. The molecule has 0 bridgehead atoms. The summed E-state index contributed by atoms with van der Waals surface area (Å²) in [6.45, 7) is 4.24. The van der Waals surface area contributed by atoms with Crippen molar-refractivity contribution in [3.63, 3.8) is 0 Å². The number of hydrogen-bond acceptors (Lipinski definition) is 4. The molecular weight excluding hydrogens is 224 g/mol. The number of nitrogens with two attached hydrogens (primary N) is 1. The summed E-state index contributed by atoms with van der Waals surface area (Å²) < 4.78 is 23.1. The standard InChI is InChI=1S/C11H24N2O2S/c1-8(2)11(13-12)9-5-4-6-10(7-9)16(3,14)15/h8-11,13H,4-7,12H2,1-3H3. The number of hydrazine groups is 1. The fraction of sp³-hybridized carbons (Fsp3) is 1.00. The van der Waals surface area contributed by atoms with Crippen molar-refractivity contribution in [3.8, 4) is 0 Å². The Balaban J connectivity index is 2.70. The van der Waals surface area contributed by atoms with Gasteiger partial charge in [0.15, 0.2) is 0 Å². The predicted octanol–water partition coefficient (Wildman–Crippen LogP) is 1.08. The van der Waals surface area contributed by atoms with Gasteiger partial charge in [-0.2, -0.15) is 0 Å². The molecule has 1 aliphatic rings. The number of nitrogens with one attached hydrogen (secondary N) is 1. The van der Waals surface area contributed by atoms with Crippen LogP contribution in [0.25, 0.3) is 0 Å². The molecule has 3 atom stereocenters. The van der Waals surface area contributed by atoms with Gasteiger partial charge in [-0.25, -0.2) is 8.42 Å². The van der Waals surface area contributed by atoms with Gasteiger partial charge in [0.25, 0.3) is 0 Å². The van der Waals surface area contributed by atoms with Crippen LogP contribution in [-0.2, 0) is 9.84 Å². The molecule has 1 aliphatic carbocycles. The molecule has 16 heavy (non-hydrogen) atoms. The SMILES string of the molecule is CC(C)C(NN)C1CCCC(S(C)(=O)=O)C1. The molecule has 1 saturated carbocycles. The van der Waals surface area contributed by atoms with Crippen molar-refractivity contribution < 1.29 is 8.42 Å². The summed E-state index contributed by atoms with van der Waals surface area (Å²) in [5, 5.41) is -0.166. The summed E-state index contributed by atoms with van der Waals surface area (Å²) in [6.07, 6.45) is 4.99. The highest BCUT2D eigenvalue weighted by molar-refractivity contribution is 7.91. The first-order chi connectivity index (χ1) is 7.36. The maximum atomic E-state index is 11.6. The van der Waals surface area contributed by atoms with E-state index in [1.165, 1.54) is 6.26 Å². The fourth-order valence-electron chi connectivity index (χ4n) is 2.77. The quantitative estimate of drug-likeness (QED) is 0.577. The van der Waals surface area contributed by atoms with Gasteiger partial charge in [-0.3, -0.25) is 11.3 Å². The molecule has 0 aromatic heterocycles. The summed E-state index contributed by atoms with van der Waals surface area (Å²) in [7, 11) is -2.89. The smallest absolute Gasteiger partial charge is 0.150 e. The van der Waals surface area contributed by atoms with Gasteiger partial charge in [0.1, 0.15) is 9.84 Å². The van der Waals surface area contributed by atoms with E-state index >= 15 is 0 Å². The van der Waals surface area contributed by atoms with E-state index in [0.29, 0.717) is 11.8 Å². The molecular formula is C11H24N2O2S. The molecule has 3 N–H and O–H groups in total. The Morgan fingerprint density at radius 2 is 1.94 bits per heavy atom. The molecule has 0 aromatic rings. The molecule has 0 saturated heterocycles. The molecule has 0 heterocycles. The first-order valence-corrected chi connectivity index (χ1v) is 7.96. The molecule has 4 nitrogen and oxygen atoms in total. The van der Waals surface area contributed by atoms with E-state index in [2.05, 4.69) is 19.3 Å². The molecule has 0 spiro atoms. The lowest BCUT2D eigenvalue weighted by Crippen LogP contribution is -2.47. The van der Waals surface area contributed by atoms with Crippen LogP contribution < -0.4 is 11.3 Å². The average Bonchev–Trinajstić information content (AvgIpc) is 2.17. The third-order valence-corrected chi connectivity index (χ3v) is 5.33. The Hall–Kier alpha value is -0.130. The predicted molar refractivity (Wildman–Crippen MR) is 66.5 cm³/mol. The Morgan fingerprint density at radius 1 is 1.31 bits per heavy atom. The number of rotatable bonds is 4. The summed E-state index contributed by atoms with van der Waals surface area (Å²) in [5.41, 5.74) is 2.85. The molecule has 0 aliphatic heterocycles. The Labute approximate surface area is 98.9 Å². The second-order valence-corrected chi connectivity index (χ2v) is 7.64. The lowest BCUT2D eigenvalue weighted by molar-refractivity contribution is 0.226. The summed E-state index contributed by atoms with van der Waals surface area (Å²) >= 11 is 0. The van der Waals surface area contributed by atoms with Crippen molar-refractivity contribution >= 4 is 9.84 Å². The third kappa shape index (κ3) is 3.43. The number of hydrogen-bond donors (Lipinski definition) is 2. The van der Waals surface area contributed by atoms with Crippen LogP contribution in [0, 0.1) is 11.8 Å². The minimum absolute atomic E-state index is 0.166. The Kier molecular flexibility index (Phi) is 4.76. The second kappa shape index (κ2) is 5.47. The molecule has 5 heteroatoms. The van der Waals surface area contributed by atoms with E-state index in [9.17, 15) is 8.42 Å². The van der Waals surface area contributed by atoms with E-state index in [0.717, 1.165) is 25.7 Å². The van der Waals surface area contributed by atoms with Crippen molar-refractivity contribution in [1.29, 1.82) is 0 Å². The topological polar surface area (TPSA) is 72.2 Å². The first kappa shape index (κ1) is 13.9. The Morgan fingerprint density at radius 3 is 2.38 bits per heavy atom. The number of sulfone groups is 1. The van der Waals surface area contributed by atoms with Crippen molar-refractivity contribution in [2.24, 2.45) is 17.7 Å². The van der Waals surface area contributed by atoms with E-state index in [1.54, 1.807) is 0 Å². The zero-order valence-electron chi connectivity index (χ0n) is 10.4. The van der Waals surface area contributed by atoms with E-state index in [-0.39, 0.29) is 11.3 Å². The third-order valence-electron chi connectivity index (χ3n) is 3.69.